The van der Waals surface area contributed by atoms with Crippen LogP contribution in [0.5, 0.6) is 0 Å². The SMILES string of the molecule is CC(C)c1cccc(N/C(N)=C/C(=N)N(C)C)c1. The molecule has 4 heteroatoms. The molecule has 0 unspecified atom stereocenters. The number of nitrogens with two attached hydrogens (primary N) is 1. The van der Waals surface area contributed by atoms with Gasteiger partial charge in [-0.05, 0) is 23.6 Å². The van der Waals surface area contributed by atoms with E-state index < -0.39 is 0 Å². The lowest BCUT2D eigenvalue weighted by atomic mass is 10.0. The maximum atomic E-state index is 7.68. The Bertz CT molecular complexity index is 447. The van der Waals surface area contributed by atoms with Crippen molar-refractivity contribution in [1.29, 1.82) is 5.41 Å². The molecule has 0 bridgehead atoms. The second-order valence-electron chi connectivity index (χ2n) is 4.78. The van der Waals surface area contributed by atoms with Crippen LogP contribution in [0.25, 0.3) is 0 Å². The third-order valence-electron chi connectivity index (χ3n) is 2.62. The van der Waals surface area contributed by atoms with Crippen LogP contribution in [-0.2, 0) is 0 Å². The van der Waals surface area contributed by atoms with E-state index in [4.69, 9.17) is 11.1 Å². The lowest BCUT2D eigenvalue weighted by Gasteiger charge is -2.13. The zero-order valence-electron chi connectivity index (χ0n) is 11.5. The molecular weight excluding hydrogens is 224 g/mol. The van der Waals surface area contributed by atoms with E-state index in [-0.39, 0.29) is 0 Å². The zero-order valence-corrected chi connectivity index (χ0v) is 11.5. The second-order valence-corrected chi connectivity index (χ2v) is 4.78. The third-order valence-corrected chi connectivity index (χ3v) is 2.62. The summed E-state index contributed by atoms with van der Waals surface area (Å²) in [5.41, 5.74) is 8.06. The fourth-order valence-corrected chi connectivity index (χ4v) is 1.45. The summed E-state index contributed by atoms with van der Waals surface area (Å²) < 4.78 is 0. The number of amidine groups is 1. The fraction of sp³-hybridized carbons (Fsp3) is 0.357. The molecule has 0 saturated carbocycles. The first-order valence-corrected chi connectivity index (χ1v) is 6.00. The monoisotopic (exact) mass is 246 g/mol. The Morgan fingerprint density at radius 3 is 2.61 bits per heavy atom. The summed E-state index contributed by atoms with van der Waals surface area (Å²) in [5, 5.41) is 10.8. The van der Waals surface area contributed by atoms with Gasteiger partial charge in [-0.3, -0.25) is 5.41 Å². The molecule has 18 heavy (non-hydrogen) atoms. The number of benzene rings is 1. The lowest BCUT2D eigenvalue weighted by molar-refractivity contribution is 0.621. The Morgan fingerprint density at radius 2 is 2.06 bits per heavy atom. The Hall–Kier alpha value is -1.97. The molecular formula is C14H22N4. The van der Waals surface area contributed by atoms with E-state index >= 15 is 0 Å². The van der Waals surface area contributed by atoms with Crippen molar-refractivity contribution < 1.29 is 0 Å². The number of anilines is 1. The molecule has 1 rings (SSSR count). The first-order chi connectivity index (χ1) is 8.40. The predicted octanol–water partition coefficient (Wildman–Crippen LogP) is 2.56. The summed E-state index contributed by atoms with van der Waals surface area (Å²) in [6.07, 6.45) is 1.60. The van der Waals surface area contributed by atoms with Gasteiger partial charge in [0.2, 0.25) is 0 Å². The van der Waals surface area contributed by atoms with Crippen molar-refractivity contribution in [2.75, 3.05) is 19.4 Å². The number of hydrogen-bond donors (Lipinski definition) is 3. The Kier molecular flexibility index (Phi) is 4.77. The Balaban J connectivity index is 2.79. The average molecular weight is 246 g/mol. The Labute approximate surface area is 109 Å². The normalized spacial score (nSPS) is 11.5. The molecule has 1 aromatic carbocycles. The van der Waals surface area contributed by atoms with Gasteiger partial charge in [-0.25, -0.2) is 0 Å². The first-order valence-electron chi connectivity index (χ1n) is 6.00. The van der Waals surface area contributed by atoms with Crippen molar-refractivity contribution >= 4 is 11.5 Å². The number of rotatable bonds is 4. The highest BCUT2D eigenvalue weighted by Crippen LogP contribution is 2.18. The van der Waals surface area contributed by atoms with Crippen LogP contribution in [0.1, 0.15) is 25.3 Å². The standard InChI is InChI=1S/C14H22N4/c1-10(2)11-6-5-7-12(8-11)17-13(15)9-14(16)18(3)4/h5-10,16-17H,15H2,1-4H3/b13-9+,16-14?. The van der Waals surface area contributed by atoms with Crippen LogP contribution < -0.4 is 11.1 Å². The molecule has 1 aromatic rings. The van der Waals surface area contributed by atoms with Gasteiger partial charge < -0.3 is 16.0 Å². The van der Waals surface area contributed by atoms with E-state index in [1.807, 2.05) is 26.2 Å². The van der Waals surface area contributed by atoms with E-state index in [9.17, 15) is 0 Å². The van der Waals surface area contributed by atoms with Crippen molar-refractivity contribution in [1.82, 2.24) is 4.90 Å². The minimum absolute atomic E-state index is 0.361. The van der Waals surface area contributed by atoms with Crippen molar-refractivity contribution in [2.45, 2.75) is 19.8 Å². The number of hydrogen-bond acceptors (Lipinski definition) is 3. The molecule has 0 aromatic heterocycles. The largest absolute Gasteiger partial charge is 0.385 e. The maximum Gasteiger partial charge on any atom is 0.123 e. The molecule has 4 N–H and O–H groups in total. The van der Waals surface area contributed by atoms with Crippen LogP contribution in [0.4, 0.5) is 5.69 Å². The molecule has 0 aliphatic rings. The molecule has 0 amide bonds. The van der Waals surface area contributed by atoms with Crippen LogP contribution >= 0.6 is 0 Å². The summed E-state index contributed by atoms with van der Waals surface area (Å²) in [6, 6.07) is 8.14. The summed E-state index contributed by atoms with van der Waals surface area (Å²) in [4.78, 5) is 1.69. The Morgan fingerprint density at radius 1 is 1.39 bits per heavy atom. The van der Waals surface area contributed by atoms with Crippen LogP contribution in [0.15, 0.2) is 36.2 Å². The van der Waals surface area contributed by atoms with Crippen LogP contribution in [0.3, 0.4) is 0 Å². The van der Waals surface area contributed by atoms with E-state index in [1.165, 1.54) is 5.56 Å². The molecule has 0 spiro atoms. The van der Waals surface area contributed by atoms with Crippen molar-refractivity contribution in [2.24, 2.45) is 5.73 Å². The van der Waals surface area contributed by atoms with Gasteiger partial charge in [-0.2, -0.15) is 0 Å². The summed E-state index contributed by atoms with van der Waals surface area (Å²) in [5.74, 6) is 1.31. The van der Waals surface area contributed by atoms with Gasteiger partial charge >= 0.3 is 0 Å². The van der Waals surface area contributed by atoms with Gasteiger partial charge in [0.15, 0.2) is 0 Å². The van der Waals surface area contributed by atoms with Crippen LogP contribution in [0, 0.1) is 5.41 Å². The van der Waals surface area contributed by atoms with Crippen molar-refractivity contribution in [3.63, 3.8) is 0 Å². The molecule has 98 valence electrons. The van der Waals surface area contributed by atoms with Crippen molar-refractivity contribution in [3.05, 3.63) is 41.7 Å². The van der Waals surface area contributed by atoms with E-state index in [2.05, 4.69) is 31.3 Å². The predicted molar refractivity (Wildman–Crippen MR) is 77.8 cm³/mol. The van der Waals surface area contributed by atoms with Gasteiger partial charge in [0.25, 0.3) is 0 Å². The van der Waals surface area contributed by atoms with Crippen molar-refractivity contribution in [3.8, 4) is 0 Å². The average Bonchev–Trinajstić information content (AvgIpc) is 2.28. The molecule has 0 atom stereocenters. The lowest BCUT2D eigenvalue weighted by Crippen LogP contribution is -2.21. The van der Waals surface area contributed by atoms with E-state index in [0.717, 1.165) is 5.69 Å². The highest BCUT2D eigenvalue weighted by atomic mass is 15.1. The summed E-state index contributed by atoms with van der Waals surface area (Å²) in [6.45, 7) is 4.31. The molecule has 0 saturated heterocycles. The maximum absolute atomic E-state index is 7.68. The van der Waals surface area contributed by atoms with E-state index in [1.54, 1.807) is 11.0 Å². The highest BCUT2D eigenvalue weighted by molar-refractivity contribution is 5.90. The van der Waals surface area contributed by atoms with Gasteiger partial charge in [0.1, 0.15) is 11.7 Å². The van der Waals surface area contributed by atoms with Gasteiger partial charge in [0.05, 0.1) is 0 Å². The number of nitrogens with zero attached hydrogens (tertiary/aromatic N) is 1. The molecule has 0 radical (unpaired) electrons. The first kappa shape index (κ1) is 14.1. The fourth-order valence-electron chi connectivity index (χ4n) is 1.45. The van der Waals surface area contributed by atoms with Gasteiger partial charge in [-0.1, -0.05) is 26.0 Å². The minimum Gasteiger partial charge on any atom is -0.385 e. The summed E-state index contributed by atoms with van der Waals surface area (Å²) >= 11 is 0. The van der Waals surface area contributed by atoms with Crippen LogP contribution in [0.2, 0.25) is 0 Å². The molecule has 0 aliphatic heterocycles. The molecule has 0 aliphatic carbocycles. The minimum atomic E-state index is 0.361. The van der Waals surface area contributed by atoms with Gasteiger partial charge in [-0.15, -0.1) is 0 Å². The molecule has 0 fully saturated rings. The smallest absolute Gasteiger partial charge is 0.123 e. The quantitative estimate of drug-likeness (QED) is 0.565. The van der Waals surface area contributed by atoms with Gasteiger partial charge in [0, 0.05) is 25.9 Å². The zero-order chi connectivity index (χ0) is 13.7. The van der Waals surface area contributed by atoms with E-state index in [0.29, 0.717) is 17.6 Å². The molecule has 0 heterocycles. The van der Waals surface area contributed by atoms with Crippen LogP contribution in [-0.4, -0.2) is 24.8 Å². The topological polar surface area (TPSA) is 65.1 Å². The second kappa shape index (κ2) is 6.10. The number of nitrogens with one attached hydrogen (secondary N) is 2. The third kappa shape index (κ3) is 4.13. The highest BCUT2D eigenvalue weighted by Gasteiger charge is 2.01. The summed E-state index contributed by atoms with van der Waals surface area (Å²) in [7, 11) is 3.62. The number of likely N-dealkylation sites (N-methyl/N-ethyl adjacent to an activating group) is 1. The molecule has 4 nitrogen and oxygen atoms in total.